The summed E-state index contributed by atoms with van der Waals surface area (Å²) in [6.07, 6.45) is 8.83. The average Bonchev–Trinajstić information content (AvgIpc) is 2.94. The summed E-state index contributed by atoms with van der Waals surface area (Å²) in [5.74, 6) is 1.41. The van der Waals surface area contributed by atoms with Gasteiger partial charge in [0.1, 0.15) is 0 Å². The third-order valence-electron chi connectivity index (χ3n) is 3.33. The Morgan fingerprint density at radius 3 is 2.46 bits per heavy atom. The van der Waals surface area contributed by atoms with E-state index < -0.39 is 0 Å². The first kappa shape index (κ1) is 11.0. The molecular formula is C12H24O. The topological polar surface area (TPSA) is 20.2 Å². The highest BCUT2D eigenvalue weighted by Crippen LogP contribution is 2.39. The van der Waals surface area contributed by atoms with Crippen LogP contribution in [-0.4, -0.2) is 11.2 Å². The minimum atomic E-state index is -0.0237. The predicted molar refractivity (Wildman–Crippen MR) is 56.7 cm³/mol. The van der Waals surface area contributed by atoms with E-state index in [2.05, 4.69) is 13.8 Å². The van der Waals surface area contributed by atoms with E-state index in [1.807, 2.05) is 0 Å². The summed E-state index contributed by atoms with van der Waals surface area (Å²) in [7, 11) is 0. The van der Waals surface area contributed by atoms with Crippen molar-refractivity contribution in [3.05, 3.63) is 0 Å². The van der Waals surface area contributed by atoms with E-state index in [4.69, 9.17) is 0 Å². The lowest BCUT2D eigenvalue weighted by Crippen LogP contribution is -2.19. The molecule has 1 N–H and O–H groups in total. The van der Waals surface area contributed by atoms with E-state index in [0.717, 1.165) is 12.3 Å². The molecule has 0 spiro atoms. The van der Waals surface area contributed by atoms with Gasteiger partial charge in [0, 0.05) is 0 Å². The van der Waals surface area contributed by atoms with Gasteiger partial charge in [-0.15, -0.1) is 0 Å². The number of aliphatic hydroxyl groups is 1. The van der Waals surface area contributed by atoms with Gasteiger partial charge < -0.3 is 5.11 Å². The zero-order valence-corrected chi connectivity index (χ0v) is 9.13. The second-order valence-corrected chi connectivity index (χ2v) is 4.61. The van der Waals surface area contributed by atoms with Gasteiger partial charge in [-0.25, -0.2) is 0 Å². The van der Waals surface area contributed by atoms with Crippen molar-refractivity contribution >= 4 is 0 Å². The highest BCUT2D eigenvalue weighted by atomic mass is 16.3. The Labute approximate surface area is 82.5 Å². The molecule has 0 aromatic heterocycles. The Morgan fingerprint density at radius 2 is 1.92 bits per heavy atom. The number of unbranched alkanes of at least 4 members (excludes halogenated alkanes) is 3. The molecule has 0 bridgehead atoms. The van der Waals surface area contributed by atoms with Crippen molar-refractivity contribution in [3.63, 3.8) is 0 Å². The van der Waals surface area contributed by atoms with Crippen LogP contribution in [0.5, 0.6) is 0 Å². The van der Waals surface area contributed by atoms with Crippen LogP contribution in [0.3, 0.4) is 0 Å². The molecule has 0 saturated heterocycles. The van der Waals surface area contributed by atoms with Crippen LogP contribution in [-0.2, 0) is 0 Å². The number of hydrogen-bond acceptors (Lipinski definition) is 1. The second-order valence-electron chi connectivity index (χ2n) is 4.61. The Hall–Kier alpha value is -0.0400. The minimum absolute atomic E-state index is 0.0237. The first-order valence-corrected chi connectivity index (χ1v) is 5.93. The molecule has 13 heavy (non-hydrogen) atoms. The van der Waals surface area contributed by atoms with Crippen molar-refractivity contribution in [1.82, 2.24) is 0 Å². The summed E-state index contributed by atoms with van der Waals surface area (Å²) in [5.41, 5.74) is 0. The summed E-state index contributed by atoms with van der Waals surface area (Å²) < 4.78 is 0. The van der Waals surface area contributed by atoms with Crippen LogP contribution < -0.4 is 0 Å². The summed E-state index contributed by atoms with van der Waals surface area (Å²) >= 11 is 0. The van der Waals surface area contributed by atoms with Gasteiger partial charge in [0.15, 0.2) is 0 Å². The third-order valence-corrected chi connectivity index (χ3v) is 3.33. The summed E-state index contributed by atoms with van der Waals surface area (Å²) in [6.45, 7) is 4.44. The smallest absolute Gasteiger partial charge is 0.0568 e. The molecule has 1 aliphatic rings. The van der Waals surface area contributed by atoms with Crippen molar-refractivity contribution in [1.29, 1.82) is 0 Å². The van der Waals surface area contributed by atoms with Crippen LogP contribution >= 0.6 is 0 Å². The number of hydrogen-bond donors (Lipinski definition) is 1. The van der Waals surface area contributed by atoms with Crippen LogP contribution in [0.4, 0.5) is 0 Å². The molecule has 1 fully saturated rings. The standard InChI is InChI=1S/C12H24O/c1-3-4-5-6-7-12(13)10(2)11-8-9-11/h10-13H,3-9H2,1-2H3. The molecule has 0 heterocycles. The molecule has 78 valence electrons. The molecule has 0 aromatic rings. The summed E-state index contributed by atoms with van der Waals surface area (Å²) in [4.78, 5) is 0. The van der Waals surface area contributed by atoms with Gasteiger partial charge >= 0.3 is 0 Å². The first-order chi connectivity index (χ1) is 6.25. The van der Waals surface area contributed by atoms with Gasteiger partial charge in [0.25, 0.3) is 0 Å². The first-order valence-electron chi connectivity index (χ1n) is 5.93. The van der Waals surface area contributed by atoms with E-state index in [1.165, 1.54) is 38.5 Å². The fraction of sp³-hybridized carbons (Fsp3) is 1.00. The van der Waals surface area contributed by atoms with Gasteiger partial charge in [-0.05, 0) is 31.1 Å². The van der Waals surface area contributed by atoms with Crippen molar-refractivity contribution in [2.45, 2.75) is 64.9 Å². The molecule has 0 radical (unpaired) electrons. The maximum atomic E-state index is 9.83. The predicted octanol–water partition coefficient (Wildman–Crippen LogP) is 3.36. The van der Waals surface area contributed by atoms with Crippen LogP contribution in [0.2, 0.25) is 0 Å². The average molecular weight is 184 g/mol. The van der Waals surface area contributed by atoms with Gasteiger partial charge in [0.2, 0.25) is 0 Å². The Kier molecular flexibility index (Phi) is 4.79. The summed E-state index contributed by atoms with van der Waals surface area (Å²) in [6, 6.07) is 0. The van der Waals surface area contributed by atoms with Crippen molar-refractivity contribution < 1.29 is 5.11 Å². The number of aliphatic hydroxyl groups excluding tert-OH is 1. The SMILES string of the molecule is CCCCCCC(O)C(C)C1CC1. The molecule has 0 amide bonds. The van der Waals surface area contributed by atoms with Crippen LogP contribution in [0, 0.1) is 11.8 Å². The molecule has 1 aliphatic carbocycles. The largest absolute Gasteiger partial charge is 0.393 e. The Morgan fingerprint density at radius 1 is 1.23 bits per heavy atom. The molecule has 1 rings (SSSR count). The van der Waals surface area contributed by atoms with Crippen LogP contribution in [0.1, 0.15) is 58.8 Å². The normalized spacial score (nSPS) is 21.5. The van der Waals surface area contributed by atoms with Crippen LogP contribution in [0.25, 0.3) is 0 Å². The maximum absolute atomic E-state index is 9.83. The lowest BCUT2D eigenvalue weighted by Gasteiger charge is -2.17. The molecule has 1 heteroatoms. The Balaban J connectivity index is 1.99. The number of rotatable bonds is 7. The molecular weight excluding hydrogens is 160 g/mol. The zero-order chi connectivity index (χ0) is 9.68. The molecule has 1 nitrogen and oxygen atoms in total. The van der Waals surface area contributed by atoms with Crippen molar-refractivity contribution in [2.24, 2.45) is 11.8 Å². The highest BCUT2D eigenvalue weighted by molar-refractivity contribution is 4.82. The molecule has 1 saturated carbocycles. The van der Waals surface area contributed by atoms with E-state index in [0.29, 0.717) is 5.92 Å². The molecule has 2 atom stereocenters. The monoisotopic (exact) mass is 184 g/mol. The Bertz CT molecular complexity index is 129. The van der Waals surface area contributed by atoms with E-state index in [1.54, 1.807) is 0 Å². The fourth-order valence-electron chi connectivity index (χ4n) is 1.98. The van der Waals surface area contributed by atoms with Crippen LogP contribution in [0.15, 0.2) is 0 Å². The molecule has 0 aromatic carbocycles. The minimum Gasteiger partial charge on any atom is -0.393 e. The molecule has 2 unspecified atom stereocenters. The van der Waals surface area contributed by atoms with Gasteiger partial charge in [0.05, 0.1) is 6.10 Å². The maximum Gasteiger partial charge on any atom is 0.0568 e. The fourth-order valence-corrected chi connectivity index (χ4v) is 1.98. The third kappa shape index (κ3) is 4.12. The quantitative estimate of drug-likeness (QED) is 0.601. The van der Waals surface area contributed by atoms with E-state index in [9.17, 15) is 5.11 Å². The van der Waals surface area contributed by atoms with Crippen molar-refractivity contribution in [2.75, 3.05) is 0 Å². The van der Waals surface area contributed by atoms with Gasteiger partial charge in [-0.1, -0.05) is 39.5 Å². The summed E-state index contributed by atoms with van der Waals surface area (Å²) in [5, 5.41) is 9.83. The lowest BCUT2D eigenvalue weighted by molar-refractivity contribution is 0.0937. The van der Waals surface area contributed by atoms with Gasteiger partial charge in [-0.2, -0.15) is 0 Å². The van der Waals surface area contributed by atoms with E-state index in [-0.39, 0.29) is 6.10 Å². The zero-order valence-electron chi connectivity index (χ0n) is 9.13. The highest BCUT2D eigenvalue weighted by Gasteiger charge is 2.31. The second kappa shape index (κ2) is 5.64. The molecule has 0 aliphatic heterocycles. The van der Waals surface area contributed by atoms with Crippen molar-refractivity contribution in [3.8, 4) is 0 Å². The van der Waals surface area contributed by atoms with Gasteiger partial charge in [-0.3, -0.25) is 0 Å². The van der Waals surface area contributed by atoms with E-state index >= 15 is 0 Å². The lowest BCUT2D eigenvalue weighted by atomic mass is 9.95.